The summed E-state index contributed by atoms with van der Waals surface area (Å²) in [6.07, 6.45) is 2.60. The number of anilines is 1. The number of carbonyl (C=O) groups is 2. The van der Waals surface area contributed by atoms with Crippen LogP contribution in [-0.2, 0) is 28.9 Å². The summed E-state index contributed by atoms with van der Waals surface area (Å²) in [6.45, 7) is 3.57. The molecule has 11 heteroatoms. The Kier molecular flexibility index (Phi) is 5.84. The third-order valence-electron chi connectivity index (χ3n) is 4.74. The van der Waals surface area contributed by atoms with Crippen LogP contribution >= 0.6 is 27.3 Å². The summed E-state index contributed by atoms with van der Waals surface area (Å²) >= 11 is 4.51. The van der Waals surface area contributed by atoms with Crippen molar-refractivity contribution in [3.8, 4) is 0 Å². The number of aromatic nitrogens is 2. The van der Waals surface area contributed by atoms with E-state index in [2.05, 4.69) is 33.3 Å². The van der Waals surface area contributed by atoms with E-state index in [1.807, 2.05) is 0 Å². The Morgan fingerprint density at radius 3 is 2.82 bits per heavy atom. The number of nitrogens with zero attached hydrogens (tertiary/aromatic N) is 3. The Labute approximate surface area is 173 Å². The number of ether oxygens (including phenoxy) is 1. The number of halogens is 1. The highest BCUT2D eigenvalue weighted by Gasteiger charge is 2.30. The summed E-state index contributed by atoms with van der Waals surface area (Å²) in [7, 11) is 1.31. The molecule has 0 bridgehead atoms. The number of nitro groups is 1. The molecule has 150 valence electrons. The monoisotopic (exact) mass is 470 g/mol. The highest BCUT2D eigenvalue weighted by Crippen LogP contribution is 2.40. The zero-order chi connectivity index (χ0) is 20.6. The second-order valence-corrected chi connectivity index (χ2v) is 8.63. The van der Waals surface area contributed by atoms with E-state index in [9.17, 15) is 19.7 Å². The quantitative estimate of drug-likeness (QED) is 0.406. The van der Waals surface area contributed by atoms with Crippen molar-refractivity contribution in [3.05, 3.63) is 36.3 Å². The molecule has 0 fully saturated rings. The predicted molar refractivity (Wildman–Crippen MR) is 107 cm³/mol. The molecule has 0 spiro atoms. The molecule has 1 unspecified atom stereocenters. The highest BCUT2D eigenvalue weighted by molar-refractivity contribution is 9.10. The Morgan fingerprint density at radius 1 is 1.50 bits per heavy atom. The Bertz CT molecular complexity index is 967. The maximum atomic E-state index is 12.6. The highest BCUT2D eigenvalue weighted by atomic mass is 79.9. The van der Waals surface area contributed by atoms with Gasteiger partial charge in [-0.25, -0.2) is 4.79 Å². The molecule has 0 aliphatic heterocycles. The first kappa shape index (κ1) is 20.5. The molecule has 0 aromatic carbocycles. The molecule has 2 aromatic rings. The first-order chi connectivity index (χ1) is 13.2. The third-order valence-corrected chi connectivity index (χ3v) is 6.84. The van der Waals surface area contributed by atoms with Gasteiger partial charge in [0, 0.05) is 4.88 Å². The molecular weight excluding hydrogens is 452 g/mol. The third kappa shape index (κ3) is 3.81. The van der Waals surface area contributed by atoms with E-state index < -0.39 is 16.8 Å². The molecule has 1 N–H and O–H groups in total. The van der Waals surface area contributed by atoms with E-state index in [1.54, 1.807) is 6.92 Å². The van der Waals surface area contributed by atoms with Crippen LogP contribution in [0.4, 0.5) is 10.8 Å². The number of thiophene rings is 1. The lowest BCUT2D eigenvalue weighted by atomic mass is 9.88. The molecule has 1 amide bonds. The number of fused-ring (bicyclic) bond motifs is 1. The minimum Gasteiger partial charge on any atom is -0.465 e. The average Bonchev–Trinajstić information content (AvgIpc) is 3.12. The Hall–Kier alpha value is -2.27. The number of methoxy groups -OCH3 is 1. The molecule has 0 saturated carbocycles. The minimum absolute atomic E-state index is 0.210. The SMILES string of the molecule is COC(=O)c1c(NC(=O)Cn2nc([N+](=O)[O-])c(Br)c2C)sc2c1CCC(C)C2. The van der Waals surface area contributed by atoms with Crippen molar-refractivity contribution in [3.63, 3.8) is 0 Å². The van der Waals surface area contributed by atoms with Crippen LogP contribution in [0.15, 0.2) is 4.47 Å². The van der Waals surface area contributed by atoms with Crippen LogP contribution in [0.25, 0.3) is 0 Å². The number of carbonyl (C=O) groups excluding carboxylic acids is 2. The van der Waals surface area contributed by atoms with Crippen molar-refractivity contribution in [1.29, 1.82) is 0 Å². The van der Waals surface area contributed by atoms with Gasteiger partial charge in [-0.2, -0.15) is 4.68 Å². The van der Waals surface area contributed by atoms with Gasteiger partial charge >= 0.3 is 11.8 Å². The van der Waals surface area contributed by atoms with E-state index in [-0.39, 0.29) is 16.8 Å². The maximum Gasteiger partial charge on any atom is 0.404 e. The van der Waals surface area contributed by atoms with Gasteiger partial charge < -0.3 is 20.2 Å². The van der Waals surface area contributed by atoms with E-state index in [0.29, 0.717) is 22.2 Å². The molecule has 1 aliphatic carbocycles. The van der Waals surface area contributed by atoms with Crippen LogP contribution in [0.2, 0.25) is 0 Å². The van der Waals surface area contributed by atoms with E-state index in [4.69, 9.17) is 4.74 Å². The van der Waals surface area contributed by atoms with Crippen molar-refractivity contribution in [2.24, 2.45) is 5.92 Å². The summed E-state index contributed by atoms with van der Waals surface area (Å²) in [5.74, 6) is -0.730. The number of hydrogen-bond acceptors (Lipinski definition) is 7. The normalized spacial score (nSPS) is 15.8. The zero-order valence-electron chi connectivity index (χ0n) is 15.6. The van der Waals surface area contributed by atoms with Gasteiger partial charge in [0.2, 0.25) is 5.91 Å². The smallest absolute Gasteiger partial charge is 0.404 e. The van der Waals surface area contributed by atoms with Crippen molar-refractivity contribution in [1.82, 2.24) is 9.78 Å². The van der Waals surface area contributed by atoms with Gasteiger partial charge in [0.1, 0.15) is 16.0 Å². The molecule has 9 nitrogen and oxygen atoms in total. The fourth-order valence-electron chi connectivity index (χ4n) is 3.24. The molecule has 1 aliphatic rings. The van der Waals surface area contributed by atoms with Crippen LogP contribution < -0.4 is 5.32 Å². The van der Waals surface area contributed by atoms with E-state index in [1.165, 1.54) is 23.1 Å². The maximum absolute atomic E-state index is 12.6. The van der Waals surface area contributed by atoms with Crippen LogP contribution in [0, 0.1) is 23.0 Å². The fourth-order valence-corrected chi connectivity index (χ4v) is 5.08. The van der Waals surface area contributed by atoms with Gasteiger partial charge in [0.25, 0.3) is 0 Å². The average molecular weight is 471 g/mol. The molecule has 3 rings (SSSR count). The van der Waals surface area contributed by atoms with Crippen LogP contribution in [-0.4, -0.2) is 33.7 Å². The van der Waals surface area contributed by atoms with Gasteiger partial charge in [-0.1, -0.05) is 6.92 Å². The lowest BCUT2D eigenvalue weighted by molar-refractivity contribution is -0.390. The summed E-state index contributed by atoms with van der Waals surface area (Å²) in [5.41, 5.74) is 1.82. The number of esters is 1. The molecular formula is C17H19BrN4O5S. The molecule has 0 saturated heterocycles. The minimum atomic E-state index is -0.616. The van der Waals surface area contributed by atoms with Crippen LogP contribution in [0.5, 0.6) is 0 Å². The molecule has 1 atom stereocenters. The van der Waals surface area contributed by atoms with Crippen molar-refractivity contribution in [2.75, 3.05) is 12.4 Å². The first-order valence-corrected chi connectivity index (χ1v) is 10.2. The fraction of sp³-hybridized carbons (Fsp3) is 0.471. The van der Waals surface area contributed by atoms with Crippen molar-refractivity contribution >= 4 is 50.0 Å². The number of amides is 1. The van der Waals surface area contributed by atoms with Crippen LogP contribution in [0.1, 0.15) is 39.8 Å². The first-order valence-electron chi connectivity index (χ1n) is 8.62. The number of nitrogens with one attached hydrogen (secondary N) is 1. The van der Waals surface area contributed by atoms with Crippen molar-refractivity contribution < 1.29 is 19.2 Å². The van der Waals surface area contributed by atoms with E-state index >= 15 is 0 Å². The number of rotatable bonds is 5. The van der Waals surface area contributed by atoms with Gasteiger partial charge in [-0.3, -0.25) is 4.79 Å². The van der Waals surface area contributed by atoms with Crippen molar-refractivity contribution in [2.45, 2.75) is 39.7 Å². The van der Waals surface area contributed by atoms with Crippen LogP contribution in [0.3, 0.4) is 0 Å². The summed E-state index contributed by atoms with van der Waals surface area (Å²) in [4.78, 5) is 36.3. The lowest BCUT2D eigenvalue weighted by Gasteiger charge is -2.18. The molecule has 2 heterocycles. The van der Waals surface area contributed by atoms with Gasteiger partial charge in [-0.15, -0.1) is 11.3 Å². The van der Waals surface area contributed by atoms with Gasteiger partial charge in [-0.05, 0) is 58.5 Å². The summed E-state index contributed by atoms with van der Waals surface area (Å²) in [5, 5.41) is 18.1. The Balaban J connectivity index is 1.86. The van der Waals surface area contributed by atoms with Gasteiger partial charge in [0.15, 0.2) is 0 Å². The second-order valence-electron chi connectivity index (χ2n) is 6.73. The Morgan fingerprint density at radius 2 is 2.21 bits per heavy atom. The molecule has 28 heavy (non-hydrogen) atoms. The lowest BCUT2D eigenvalue weighted by Crippen LogP contribution is -2.21. The van der Waals surface area contributed by atoms with E-state index in [0.717, 1.165) is 29.7 Å². The number of hydrogen-bond donors (Lipinski definition) is 1. The topological polar surface area (TPSA) is 116 Å². The zero-order valence-corrected chi connectivity index (χ0v) is 18.0. The standard InChI is InChI=1S/C17H19BrN4O5S/c1-8-4-5-10-11(6-8)28-16(13(10)17(24)27-3)19-12(23)7-21-9(2)14(18)15(20-21)22(25)26/h8H,4-7H2,1-3H3,(H,19,23). The largest absolute Gasteiger partial charge is 0.465 e. The predicted octanol–water partition coefficient (Wildman–Crippen LogP) is 3.47. The summed E-state index contributed by atoms with van der Waals surface area (Å²) in [6, 6.07) is 0. The molecule has 2 aromatic heterocycles. The molecule has 0 radical (unpaired) electrons. The second kappa shape index (κ2) is 8.00. The van der Waals surface area contributed by atoms with Gasteiger partial charge in [0.05, 0.1) is 23.5 Å². The summed E-state index contributed by atoms with van der Waals surface area (Å²) < 4.78 is 6.40.